The molecule has 0 unspecified atom stereocenters. The van der Waals surface area contributed by atoms with Crippen molar-refractivity contribution in [1.82, 2.24) is 0 Å². The summed E-state index contributed by atoms with van der Waals surface area (Å²) in [4.78, 5) is 12.9. The Labute approximate surface area is 173 Å². The van der Waals surface area contributed by atoms with Gasteiger partial charge in [-0.3, -0.25) is 4.79 Å². The van der Waals surface area contributed by atoms with Crippen molar-refractivity contribution in [1.29, 1.82) is 0 Å². The van der Waals surface area contributed by atoms with E-state index in [0.717, 1.165) is 0 Å². The van der Waals surface area contributed by atoms with Crippen molar-refractivity contribution in [2.45, 2.75) is 0 Å². The van der Waals surface area contributed by atoms with Crippen LogP contribution in [0.2, 0.25) is 0 Å². The molecule has 150 valence electrons. The zero-order chi connectivity index (χ0) is 20.8. The summed E-state index contributed by atoms with van der Waals surface area (Å²) >= 11 is 0. The molecule has 1 amide bonds. The summed E-state index contributed by atoms with van der Waals surface area (Å²) in [6.07, 6.45) is 0. The van der Waals surface area contributed by atoms with Crippen molar-refractivity contribution in [2.75, 3.05) is 18.5 Å². The van der Waals surface area contributed by atoms with E-state index >= 15 is 0 Å². The number of anilines is 1. The number of amides is 1. The van der Waals surface area contributed by atoms with E-state index in [9.17, 15) is 9.90 Å². The molecule has 0 radical (unpaired) electrons. The van der Waals surface area contributed by atoms with Crippen LogP contribution in [0.1, 0.15) is 5.56 Å². The Morgan fingerprint density at radius 1 is 0.867 bits per heavy atom. The number of ether oxygens (including phenoxy) is 2. The predicted molar refractivity (Wildman–Crippen MR) is 113 cm³/mol. The lowest BCUT2D eigenvalue weighted by atomic mass is 10.1. The summed E-state index contributed by atoms with van der Waals surface area (Å²) in [5, 5.41) is 21.6. The van der Waals surface area contributed by atoms with E-state index in [1.54, 1.807) is 66.7 Å². The van der Waals surface area contributed by atoms with E-state index in [2.05, 4.69) is 15.5 Å². The molecule has 0 bridgehead atoms. The van der Waals surface area contributed by atoms with Crippen LogP contribution in [0.25, 0.3) is 5.76 Å². The number of rotatable bonds is 5. The largest absolute Gasteiger partial charge is 0.505 e. The van der Waals surface area contributed by atoms with E-state index in [-0.39, 0.29) is 11.5 Å². The predicted octanol–water partition coefficient (Wildman–Crippen LogP) is 5.11. The summed E-state index contributed by atoms with van der Waals surface area (Å²) in [6, 6.07) is 22.7. The Morgan fingerprint density at radius 2 is 1.53 bits per heavy atom. The van der Waals surface area contributed by atoms with Gasteiger partial charge >= 0.3 is 0 Å². The fourth-order valence-corrected chi connectivity index (χ4v) is 2.85. The fraction of sp³-hybridized carbons (Fsp3) is 0.0870. The lowest BCUT2D eigenvalue weighted by molar-refractivity contribution is -0.112. The van der Waals surface area contributed by atoms with Crippen LogP contribution in [0.5, 0.6) is 11.5 Å². The van der Waals surface area contributed by atoms with Gasteiger partial charge in [0, 0.05) is 17.3 Å². The number of carbonyl (C=O) groups is 1. The van der Waals surface area contributed by atoms with Gasteiger partial charge in [-0.05, 0) is 24.3 Å². The van der Waals surface area contributed by atoms with Gasteiger partial charge in [0.2, 0.25) is 0 Å². The summed E-state index contributed by atoms with van der Waals surface area (Å²) in [5.41, 5.74) is 1.29. The molecule has 0 aliphatic carbocycles. The van der Waals surface area contributed by atoms with Gasteiger partial charge in [-0.25, -0.2) is 0 Å². The number of aliphatic hydroxyl groups is 1. The lowest BCUT2D eigenvalue weighted by Crippen LogP contribution is -2.15. The normalized spacial score (nSPS) is 13.6. The molecule has 4 rings (SSSR count). The smallest absolute Gasteiger partial charge is 0.280 e. The second-order valence-electron chi connectivity index (χ2n) is 6.41. The number of para-hydroxylation sites is 1. The van der Waals surface area contributed by atoms with E-state index < -0.39 is 5.91 Å². The van der Waals surface area contributed by atoms with Gasteiger partial charge in [-0.2, -0.15) is 5.11 Å². The molecular formula is C23H19N3O4. The number of fused-ring (bicyclic) bond motifs is 1. The molecule has 0 aromatic heterocycles. The molecule has 3 aromatic carbocycles. The van der Waals surface area contributed by atoms with Crippen molar-refractivity contribution in [3.8, 4) is 11.5 Å². The number of hydrogen-bond donors (Lipinski definition) is 2. The van der Waals surface area contributed by atoms with Crippen molar-refractivity contribution in [3.05, 3.63) is 90.1 Å². The van der Waals surface area contributed by atoms with E-state index in [1.165, 1.54) is 0 Å². The minimum absolute atomic E-state index is 0.208. The second kappa shape index (κ2) is 8.91. The lowest BCUT2D eigenvalue weighted by Gasteiger charge is -2.17. The third-order valence-electron chi connectivity index (χ3n) is 4.31. The summed E-state index contributed by atoms with van der Waals surface area (Å²) in [6.45, 7) is 0.943. The number of azo groups is 1. The van der Waals surface area contributed by atoms with Gasteiger partial charge in [0.1, 0.15) is 13.2 Å². The van der Waals surface area contributed by atoms with Crippen LogP contribution in [0.3, 0.4) is 0 Å². The van der Waals surface area contributed by atoms with E-state index in [0.29, 0.717) is 41.7 Å². The Hall–Kier alpha value is -4.13. The van der Waals surface area contributed by atoms with Gasteiger partial charge in [0.15, 0.2) is 23.0 Å². The molecular weight excluding hydrogens is 382 g/mol. The molecule has 7 heteroatoms. The van der Waals surface area contributed by atoms with Gasteiger partial charge in [0.25, 0.3) is 5.91 Å². The monoisotopic (exact) mass is 401 g/mol. The van der Waals surface area contributed by atoms with Gasteiger partial charge in [0.05, 0.1) is 5.69 Å². The van der Waals surface area contributed by atoms with Gasteiger partial charge in [-0.15, -0.1) is 5.11 Å². The maximum absolute atomic E-state index is 12.9. The molecule has 1 aliphatic heterocycles. The van der Waals surface area contributed by atoms with Crippen molar-refractivity contribution >= 4 is 23.0 Å². The molecule has 1 aliphatic rings. The molecule has 3 aromatic rings. The Kier molecular flexibility index (Phi) is 5.70. The molecule has 0 spiro atoms. The number of hydrogen-bond acceptors (Lipinski definition) is 6. The summed E-state index contributed by atoms with van der Waals surface area (Å²) in [7, 11) is 0. The van der Waals surface area contributed by atoms with Crippen LogP contribution in [0, 0.1) is 0 Å². The first-order valence-electron chi connectivity index (χ1n) is 9.37. The highest BCUT2D eigenvalue weighted by molar-refractivity contribution is 6.07. The highest BCUT2D eigenvalue weighted by Crippen LogP contribution is 2.34. The number of benzene rings is 3. The van der Waals surface area contributed by atoms with E-state index in [4.69, 9.17) is 9.47 Å². The maximum Gasteiger partial charge on any atom is 0.280 e. The third kappa shape index (κ3) is 4.47. The van der Waals surface area contributed by atoms with Crippen molar-refractivity contribution < 1.29 is 19.4 Å². The molecule has 7 nitrogen and oxygen atoms in total. The van der Waals surface area contributed by atoms with Crippen LogP contribution in [-0.2, 0) is 4.79 Å². The standard InChI is InChI=1S/C23H19N3O4/c27-22(16-7-3-1-4-8-16)21(23(28)24-17-9-5-2-6-10-17)26-25-18-11-12-19-20(15-18)30-14-13-29-19/h1-12,15,27H,13-14H2,(H,24,28)/b22-21-,26-25?. The number of nitrogens with one attached hydrogen (secondary N) is 1. The molecule has 0 atom stereocenters. The Morgan fingerprint density at radius 3 is 2.27 bits per heavy atom. The first-order valence-corrected chi connectivity index (χ1v) is 9.37. The number of carbonyl (C=O) groups excluding carboxylic acids is 1. The zero-order valence-electron chi connectivity index (χ0n) is 16.0. The van der Waals surface area contributed by atoms with Crippen molar-refractivity contribution in [2.24, 2.45) is 10.2 Å². The topological polar surface area (TPSA) is 92.5 Å². The van der Waals surface area contributed by atoms with Crippen LogP contribution < -0.4 is 14.8 Å². The average Bonchev–Trinajstić information content (AvgIpc) is 2.80. The zero-order valence-corrected chi connectivity index (χ0v) is 16.0. The third-order valence-corrected chi connectivity index (χ3v) is 4.31. The van der Waals surface area contributed by atoms with E-state index in [1.807, 2.05) is 12.1 Å². The van der Waals surface area contributed by atoms with Crippen LogP contribution in [0.15, 0.2) is 94.8 Å². The maximum atomic E-state index is 12.9. The molecule has 30 heavy (non-hydrogen) atoms. The van der Waals surface area contributed by atoms with Crippen molar-refractivity contribution in [3.63, 3.8) is 0 Å². The van der Waals surface area contributed by atoms with Gasteiger partial charge in [-0.1, -0.05) is 48.5 Å². The minimum Gasteiger partial charge on any atom is -0.505 e. The Balaban J connectivity index is 1.66. The molecule has 0 saturated carbocycles. The highest BCUT2D eigenvalue weighted by Gasteiger charge is 2.18. The number of nitrogens with zero attached hydrogens (tertiary/aromatic N) is 2. The summed E-state index contributed by atoms with van der Waals surface area (Å²) in [5.74, 6) is 0.336. The first-order chi connectivity index (χ1) is 14.7. The SMILES string of the molecule is O=C(Nc1ccccc1)/C(N=Nc1ccc2c(c1)OCCO2)=C(/O)c1ccccc1. The van der Waals surface area contributed by atoms with Crippen LogP contribution in [0.4, 0.5) is 11.4 Å². The highest BCUT2D eigenvalue weighted by atomic mass is 16.6. The quantitative estimate of drug-likeness (QED) is 0.353. The van der Waals surface area contributed by atoms with Crippen LogP contribution >= 0.6 is 0 Å². The molecule has 1 heterocycles. The first kappa shape index (κ1) is 19.2. The minimum atomic E-state index is -0.580. The average molecular weight is 401 g/mol. The molecule has 2 N–H and O–H groups in total. The van der Waals surface area contributed by atoms with Crippen LogP contribution in [-0.4, -0.2) is 24.2 Å². The second-order valence-corrected chi connectivity index (χ2v) is 6.41. The summed E-state index contributed by atoms with van der Waals surface area (Å²) < 4.78 is 11.0. The Bertz CT molecular complexity index is 1100. The molecule has 0 saturated heterocycles. The molecule has 0 fully saturated rings. The fourth-order valence-electron chi connectivity index (χ4n) is 2.85. The van der Waals surface area contributed by atoms with Gasteiger partial charge < -0.3 is 19.9 Å². The number of aliphatic hydroxyl groups excluding tert-OH is 1.